The highest BCUT2D eigenvalue weighted by molar-refractivity contribution is 5.68. The maximum Gasteiger partial charge on any atom is 0.410 e. The molecule has 2 unspecified atom stereocenters. The minimum Gasteiger partial charge on any atom is -0.444 e. The molecular formula is C16H32N2O2. The normalized spacial score (nSPS) is 21.9. The van der Waals surface area contributed by atoms with Gasteiger partial charge in [0.05, 0.1) is 0 Å². The van der Waals surface area contributed by atoms with E-state index in [1.807, 2.05) is 25.7 Å². The van der Waals surface area contributed by atoms with Crippen LogP contribution >= 0.6 is 0 Å². The van der Waals surface area contributed by atoms with Crippen molar-refractivity contribution in [1.82, 2.24) is 10.2 Å². The average molecular weight is 284 g/mol. The largest absolute Gasteiger partial charge is 0.444 e. The fraction of sp³-hybridized carbons (Fsp3) is 0.938. The van der Waals surface area contributed by atoms with E-state index in [0.29, 0.717) is 18.1 Å². The molecule has 1 rings (SSSR count). The molecule has 0 aromatic carbocycles. The predicted octanol–water partition coefficient (Wildman–Crippen LogP) is 3.55. The number of piperidine rings is 1. The molecule has 4 heteroatoms. The van der Waals surface area contributed by atoms with Crippen molar-refractivity contribution in [2.75, 3.05) is 6.54 Å². The van der Waals surface area contributed by atoms with Crippen molar-refractivity contribution in [2.24, 2.45) is 0 Å². The van der Waals surface area contributed by atoms with Gasteiger partial charge in [-0.25, -0.2) is 4.79 Å². The monoisotopic (exact) mass is 284 g/mol. The Morgan fingerprint density at radius 1 is 1.30 bits per heavy atom. The Balaban J connectivity index is 2.60. The number of hydrogen-bond donors (Lipinski definition) is 1. The van der Waals surface area contributed by atoms with E-state index in [1.165, 1.54) is 6.42 Å². The summed E-state index contributed by atoms with van der Waals surface area (Å²) >= 11 is 0. The van der Waals surface area contributed by atoms with E-state index < -0.39 is 5.60 Å². The van der Waals surface area contributed by atoms with Crippen molar-refractivity contribution in [1.29, 1.82) is 0 Å². The summed E-state index contributed by atoms with van der Waals surface area (Å²) in [5, 5.41) is 3.52. The average Bonchev–Trinajstić information content (AvgIpc) is 2.25. The van der Waals surface area contributed by atoms with Gasteiger partial charge in [0.1, 0.15) is 5.60 Å². The number of amides is 1. The quantitative estimate of drug-likeness (QED) is 0.858. The second kappa shape index (κ2) is 7.30. The van der Waals surface area contributed by atoms with Gasteiger partial charge in [-0.05, 0) is 53.4 Å². The molecule has 0 spiro atoms. The zero-order valence-corrected chi connectivity index (χ0v) is 14.0. The smallest absolute Gasteiger partial charge is 0.410 e. The number of carbonyl (C=O) groups is 1. The van der Waals surface area contributed by atoms with E-state index in [-0.39, 0.29) is 6.09 Å². The molecule has 0 radical (unpaired) electrons. The second-order valence-corrected chi connectivity index (χ2v) is 7.28. The van der Waals surface area contributed by atoms with Gasteiger partial charge in [0, 0.05) is 24.7 Å². The first-order valence-corrected chi connectivity index (χ1v) is 7.94. The van der Waals surface area contributed by atoms with E-state index in [9.17, 15) is 4.79 Å². The molecule has 1 fully saturated rings. The third kappa shape index (κ3) is 6.12. The van der Waals surface area contributed by atoms with Crippen molar-refractivity contribution >= 4 is 6.09 Å². The van der Waals surface area contributed by atoms with E-state index in [2.05, 4.69) is 26.1 Å². The second-order valence-electron chi connectivity index (χ2n) is 7.28. The highest BCUT2D eigenvalue weighted by Gasteiger charge is 2.31. The minimum atomic E-state index is -0.416. The number of ether oxygens (including phenoxy) is 1. The van der Waals surface area contributed by atoms with Crippen LogP contribution in [0.25, 0.3) is 0 Å². The van der Waals surface area contributed by atoms with Gasteiger partial charge < -0.3 is 15.0 Å². The molecule has 1 heterocycles. The van der Waals surface area contributed by atoms with Gasteiger partial charge in [0.15, 0.2) is 0 Å². The third-order valence-corrected chi connectivity index (χ3v) is 3.50. The maximum absolute atomic E-state index is 12.3. The molecule has 1 amide bonds. The first-order valence-electron chi connectivity index (χ1n) is 7.94. The van der Waals surface area contributed by atoms with Gasteiger partial charge in [0.25, 0.3) is 0 Å². The summed E-state index contributed by atoms with van der Waals surface area (Å²) in [6, 6.07) is 1.20. The lowest BCUT2D eigenvalue weighted by molar-refractivity contribution is 0.00784. The Morgan fingerprint density at radius 3 is 2.50 bits per heavy atom. The molecule has 0 bridgehead atoms. The molecule has 118 valence electrons. The number of rotatable bonds is 4. The lowest BCUT2D eigenvalue weighted by Gasteiger charge is -2.38. The van der Waals surface area contributed by atoms with E-state index in [1.54, 1.807) is 0 Å². The third-order valence-electron chi connectivity index (χ3n) is 3.50. The van der Waals surface area contributed by atoms with Gasteiger partial charge in [-0.2, -0.15) is 0 Å². The van der Waals surface area contributed by atoms with Crippen LogP contribution in [-0.4, -0.2) is 41.3 Å². The fourth-order valence-corrected chi connectivity index (χ4v) is 2.85. The van der Waals surface area contributed by atoms with Crippen LogP contribution in [0.1, 0.15) is 67.2 Å². The molecule has 20 heavy (non-hydrogen) atoms. The van der Waals surface area contributed by atoms with Gasteiger partial charge in [0.2, 0.25) is 0 Å². The maximum atomic E-state index is 12.3. The molecule has 4 nitrogen and oxygen atoms in total. The van der Waals surface area contributed by atoms with Crippen molar-refractivity contribution in [3.8, 4) is 0 Å². The zero-order valence-electron chi connectivity index (χ0n) is 14.0. The van der Waals surface area contributed by atoms with Crippen LogP contribution in [0.2, 0.25) is 0 Å². The molecule has 0 aromatic heterocycles. The highest BCUT2D eigenvalue weighted by atomic mass is 16.6. The summed E-state index contributed by atoms with van der Waals surface area (Å²) in [6.07, 6.45) is 4.22. The lowest BCUT2D eigenvalue weighted by atomic mass is 9.96. The Labute approximate surface area is 124 Å². The Kier molecular flexibility index (Phi) is 6.31. The van der Waals surface area contributed by atoms with E-state index >= 15 is 0 Å². The first-order chi connectivity index (χ1) is 9.19. The summed E-state index contributed by atoms with van der Waals surface area (Å²) in [7, 11) is 0. The lowest BCUT2D eigenvalue weighted by Crippen LogP contribution is -2.48. The molecule has 1 aliphatic heterocycles. The van der Waals surface area contributed by atoms with Crippen LogP contribution in [0, 0.1) is 0 Å². The summed E-state index contributed by atoms with van der Waals surface area (Å²) < 4.78 is 5.54. The Bertz CT molecular complexity index is 310. The van der Waals surface area contributed by atoms with Gasteiger partial charge in [-0.15, -0.1) is 0 Å². The van der Waals surface area contributed by atoms with Gasteiger partial charge in [-0.3, -0.25) is 0 Å². The summed E-state index contributed by atoms with van der Waals surface area (Å²) in [6.45, 7) is 13.1. The summed E-state index contributed by atoms with van der Waals surface area (Å²) in [5.41, 5.74) is -0.416. The highest BCUT2D eigenvalue weighted by Crippen LogP contribution is 2.23. The summed E-state index contributed by atoms with van der Waals surface area (Å²) in [4.78, 5) is 14.2. The molecule has 0 aliphatic carbocycles. The molecule has 2 atom stereocenters. The number of hydrogen-bond acceptors (Lipinski definition) is 3. The minimum absolute atomic E-state index is 0.154. The Morgan fingerprint density at radius 2 is 1.95 bits per heavy atom. The fourth-order valence-electron chi connectivity index (χ4n) is 2.85. The number of nitrogens with one attached hydrogen (secondary N) is 1. The molecular weight excluding hydrogens is 252 g/mol. The SMILES string of the molecule is CC(C)NC(C)CC1CCCCN1C(=O)OC(C)(C)C. The van der Waals surface area contributed by atoms with Crippen molar-refractivity contribution in [3.05, 3.63) is 0 Å². The van der Waals surface area contributed by atoms with Gasteiger partial charge >= 0.3 is 6.09 Å². The number of nitrogens with zero attached hydrogens (tertiary/aromatic N) is 1. The van der Waals surface area contributed by atoms with E-state index in [0.717, 1.165) is 25.8 Å². The van der Waals surface area contributed by atoms with Crippen molar-refractivity contribution < 1.29 is 9.53 Å². The van der Waals surface area contributed by atoms with Crippen LogP contribution in [0.4, 0.5) is 4.79 Å². The van der Waals surface area contributed by atoms with Crippen molar-refractivity contribution in [3.63, 3.8) is 0 Å². The topological polar surface area (TPSA) is 41.6 Å². The van der Waals surface area contributed by atoms with Crippen LogP contribution in [-0.2, 0) is 4.74 Å². The van der Waals surface area contributed by atoms with Gasteiger partial charge in [-0.1, -0.05) is 13.8 Å². The molecule has 0 saturated carbocycles. The summed E-state index contributed by atoms with van der Waals surface area (Å²) in [5.74, 6) is 0. The molecule has 1 saturated heterocycles. The van der Waals surface area contributed by atoms with Crippen LogP contribution in [0.15, 0.2) is 0 Å². The number of likely N-dealkylation sites (tertiary alicyclic amines) is 1. The first kappa shape index (κ1) is 17.3. The predicted molar refractivity (Wildman–Crippen MR) is 82.9 cm³/mol. The zero-order chi connectivity index (χ0) is 15.3. The number of carbonyl (C=O) groups excluding carboxylic acids is 1. The molecule has 1 N–H and O–H groups in total. The van der Waals surface area contributed by atoms with Crippen molar-refractivity contribution in [2.45, 2.75) is 91.0 Å². The standard InChI is InChI=1S/C16H32N2O2/c1-12(2)17-13(3)11-14-9-7-8-10-18(14)15(19)20-16(4,5)6/h12-14,17H,7-11H2,1-6H3. The van der Waals surface area contributed by atoms with Crippen LogP contribution in [0.3, 0.4) is 0 Å². The van der Waals surface area contributed by atoms with E-state index in [4.69, 9.17) is 4.74 Å². The van der Waals surface area contributed by atoms with Crippen LogP contribution in [0.5, 0.6) is 0 Å². The Hall–Kier alpha value is -0.770. The molecule has 1 aliphatic rings. The molecule has 0 aromatic rings. The van der Waals surface area contributed by atoms with Crippen LogP contribution < -0.4 is 5.32 Å².